The maximum Gasteiger partial charge on any atom is 0.347 e. The lowest BCUT2D eigenvalue weighted by molar-refractivity contribution is -0.131. The molecule has 3 heterocycles. The molecule has 1 saturated carbocycles. The summed E-state index contributed by atoms with van der Waals surface area (Å²) in [4.78, 5) is 31.4. The van der Waals surface area contributed by atoms with Gasteiger partial charge in [0.1, 0.15) is 5.82 Å². The molecule has 1 aliphatic carbocycles. The van der Waals surface area contributed by atoms with Gasteiger partial charge in [-0.15, -0.1) is 0 Å². The summed E-state index contributed by atoms with van der Waals surface area (Å²) < 4.78 is 3.65. The fraction of sp³-hybridized carbons (Fsp3) is 0.360. The van der Waals surface area contributed by atoms with Gasteiger partial charge in [0, 0.05) is 32.5 Å². The molecular formula is C25H26N6O2. The van der Waals surface area contributed by atoms with Gasteiger partial charge in [0.2, 0.25) is 5.91 Å². The topological polar surface area (TPSA) is 88.8 Å². The van der Waals surface area contributed by atoms with Crippen LogP contribution in [0.4, 0.5) is 0 Å². The number of hydrogen-bond acceptors (Lipinski definition) is 4. The van der Waals surface area contributed by atoms with Crippen molar-refractivity contribution in [3.63, 3.8) is 0 Å². The van der Waals surface area contributed by atoms with E-state index in [0.29, 0.717) is 24.1 Å². The summed E-state index contributed by atoms with van der Waals surface area (Å²) in [5.41, 5.74) is 4.74. The number of H-pyrrole nitrogens is 1. The SMILES string of the molecule is Cn1cnc2cc(-c3ccc(-n4c(CC5CCN(C(=O)C6CC6)C5)n[nH]c4=O)cc3)ccc21. The highest BCUT2D eigenvalue weighted by molar-refractivity contribution is 5.82. The first kappa shape index (κ1) is 20.0. The van der Waals surface area contributed by atoms with Gasteiger partial charge in [-0.2, -0.15) is 5.10 Å². The van der Waals surface area contributed by atoms with Crippen molar-refractivity contribution in [2.24, 2.45) is 18.9 Å². The second-order valence-corrected chi connectivity index (χ2v) is 9.30. The van der Waals surface area contributed by atoms with Gasteiger partial charge in [0.05, 0.1) is 23.0 Å². The Kier molecular flexibility index (Phi) is 4.67. The van der Waals surface area contributed by atoms with Crippen molar-refractivity contribution in [3.05, 3.63) is 65.1 Å². The third-order valence-corrected chi connectivity index (χ3v) is 6.92. The van der Waals surface area contributed by atoms with Gasteiger partial charge in [-0.05, 0) is 60.6 Å². The van der Waals surface area contributed by atoms with Gasteiger partial charge in [-0.25, -0.2) is 19.4 Å². The van der Waals surface area contributed by atoms with Crippen LogP contribution in [0.15, 0.2) is 53.6 Å². The van der Waals surface area contributed by atoms with Crippen molar-refractivity contribution in [1.82, 2.24) is 29.2 Å². The van der Waals surface area contributed by atoms with E-state index in [4.69, 9.17) is 0 Å². The lowest BCUT2D eigenvalue weighted by Gasteiger charge is -2.16. The molecule has 8 heteroatoms. The molecule has 2 fully saturated rings. The predicted octanol–water partition coefficient (Wildman–Crippen LogP) is 2.92. The maximum absolute atomic E-state index is 12.6. The van der Waals surface area contributed by atoms with E-state index < -0.39 is 0 Å². The number of nitrogens with zero attached hydrogens (tertiary/aromatic N) is 5. The average Bonchev–Trinajstić information content (AvgIpc) is 3.32. The molecule has 1 amide bonds. The number of fused-ring (bicyclic) bond motifs is 1. The highest BCUT2D eigenvalue weighted by Gasteiger charge is 2.36. The minimum Gasteiger partial charge on any atom is -0.342 e. The molecule has 4 aromatic rings. The molecule has 6 rings (SSSR count). The molecule has 2 aliphatic rings. The van der Waals surface area contributed by atoms with Crippen molar-refractivity contribution < 1.29 is 4.79 Å². The van der Waals surface area contributed by atoms with Crippen LogP contribution in [0.25, 0.3) is 27.8 Å². The van der Waals surface area contributed by atoms with Crippen molar-refractivity contribution in [1.29, 1.82) is 0 Å². The molecule has 33 heavy (non-hydrogen) atoms. The third-order valence-electron chi connectivity index (χ3n) is 6.92. The molecule has 2 aromatic heterocycles. The summed E-state index contributed by atoms with van der Waals surface area (Å²) in [6.45, 7) is 1.56. The molecule has 1 N–H and O–H groups in total. The average molecular weight is 443 g/mol. The van der Waals surface area contributed by atoms with Crippen LogP contribution < -0.4 is 5.69 Å². The number of aromatic nitrogens is 5. The summed E-state index contributed by atoms with van der Waals surface area (Å²) in [6.07, 6.45) is 5.50. The zero-order valence-electron chi connectivity index (χ0n) is 18.6. The first-order chi connectivity index (χ1) is 16.1. The molecule has 1 saturated heterocycles. The van der Waals surface area contributed by atoms with E-state index in [1.807, 2.05) is 47.1 Å². The smallest absolute Gasteiger partial charge is 0.342 e. The monoisotopic (exact) mass is 442 g/mol. The summed E-state index contributed by atoms with van der Waals surface area (Å²) in [5.74, 6) is 1.60. The molecule has 8 nitrogen and oxygen atoms in total. The number of amides is 1. The number of carbonyl (C=O) groups excluding carboxylic acids is 1. The first-order valence-electron chi connectivity index (χ1n) is 11.5. The lowest BCUT2D eigenvalue weighted by atomic mass is 10.0. The number of rotatable bonds is 5. The van der Waals surface area contributed by atoms with Crippen LogP contribution in [0.3, 0.4) is 0 Å². The van der Waals surface area contributed by atoms with Crippen LogP contribution in [0.1, 0.15) is 25.1 Å². The molecule has 0 radical (unpaired) electrons. The number of benzene rings is 2. The fourth-order valence-electron chi connectivity index (χ4n) is 4.90. The molecule has 0 bridgehead atoms. The molecule has 0 spiro atoms. The minimum absolute atomic E-state index is 0.239. The number of carbonyl (C=O) groups is 1. The third kappa shape index (κ3) is 3.65. The van der Waals surface area contributed by atoms with Gasteiger partial charge < -0.3 is 9.47 Å². The van der Waals surface area contributed by atoms with Crippen LogP contribution in [-0.2, 0) is 18.3 Å². The lowest BCUT2D eigenvalue weighted by Crippen LogP contribution is -2.30. The second-order valence-electron chi connectivity index (χ2n) is 9.30. The van der Waals surface area contributed by atoms with E-state index in [-0.39, 0.29) is 11.6 Å². The summed E-state index contributed by atoms with van der Waals surface area (Å²) >= 11 is 0. The fourth-order valence-corrected chi connectivity index (χ4v) is 4.90. The molecular weight excluding hydrogens is 416 g/mol. The Bertz CT molecular complexity index is 1390. The van der Waals surface area contributed by atoms with Gasteiger partial charge in [0.25, 0.3) is 0 Å². The Hall–Kier alpha value is -3.68. The number of aryl methyl sites for hydroxylation is 1. The predicted molar refractivity (Wildman–Crippen MR) is 125 cm³/mol. The largest absolute Gasteiger partial charge is 0.347 e. The van der Waals surface area contributed by atoms with E-state index in [1.165, 1.54) is 0 Å². The van der Waals surface area contributed by atoms with Gasteiger partial charge in [-0.3, -0.25) is 4.79 Å². The summed E-state index contributed by atoms with van der Waals surface area (Å²) in [6, 6.07) is 14.2. The molecule has 1 atom stereocenters. The van der Waals surface area contributed by atoms with Gasteiger partial charge in [0.15, 0.2) is 0 Å². The Morgan fingerprint density at radius 1 is 1.09 bits per heavy atom. The Labute approximate surface area is 190 Å². The normalized spacial score (nSPS) is 18.3. The Balaban J connectivity index is 1.22. The van der Waals surface area contributed by atoms with Crippen molar-refractivity contribution in [2.75, 3.05) is 13.1 Å². The highest BCUT2D eigenvalue weighted by Crippen LogP contribution is 2.33. The van der Waals surface area contributed by atoms with Crippen LogP contribution in [-0.4, -0.2) is 48.2 Å². The van der Waals surface area contributed by atoms with Crippen LogP contribution in [0, 0.1) is 11.8 Å². The molecule has 1 unspecified atom stereocenters. The van der Waals surface area contributed by atoms with Crippen molar-refractivity contribution in [2.45, 2.75) is 25.7 Å². The van der Waals surface area contributed by atoms with Crippen LogP contribution in [0.2, 0.25) is 0 Å². The Morgan fingerprint density at radius 3 is 2.67 bits per heavy atom. The Morgan fingerprint density at radius 2 is 1.88 bits per heavy atom. The van der Waals surface area contributed by atoms with E-state index in [9.17, 15) is 9.59 Å². The summed E-state index contributed by atoms with van der Waals surface area (Å²) in [7, 11) is 1.98. The molecule has 2 aromatic carbocycles. The van der Waals surface area contributed by atoms with E-state index in [2.05, 4.69) is 33.4 Å². The van der Waals surface area contributed by atoms with E-state index >= 15 is 0 Å². The minimum atomic E-state index is -0.239. The molecule has 1 aliphatic heterocycles. The number of imidazole rings is 1. The van der Waals surface area contributed by atoms with Crippen LogP contribution >= 0.6 is 0 Å². The van der Waals surface area contributed by atoms with Gasteiger partial charge in [-0.1, -0.05) is 18.2 Å². The highest BCUT2D eigenvalue weighted by atomic mass is 16.2. The number of likely N-dealkylation sites (tertiary alicyclic amines) is 1. The van der Waals surface area contributed by atoms with Crippen LogP contribution in [0.5, 0.6) is 0 Å². The van der Waals surface area contributed by atoms with Crippen molar-refractivity contribution in [3.8, 4) is 16.8 Å². The van der Waals surface area contributed by atoms with E-state index in [1.54, 1.807) is 4.57 Å². The molecule has 168 valence electrons. The zero-order valence-corrected chi connectivity index (χ0v) is 18.6. The van der Waals surface area contributed by atoms with Crippen molar-refractivity contribution >= 4 is 16.9 Å². The van der Waals surface area contributed by atoms with E-state index in [0.717, 1.165) is 60.2 Å². The van der Waals surface area contributed by atoms with Gasteiger partial charge >= 0.3 is 5.69 Å². The number of aromatic amines is 1. The number of nitrogens with one attached hydrogen (secondary N) is 1. The quantitative estimate of drug-likeness (QED) is 0.515. The second kappa shape index (κ2) is 7.72. The zero-order chi connectivity index (χ0) is 22.5. The summed E-state index contributed by atoms with van der Waals surface area (Å²) in [5, 5.41) is 6.91. The number of hydrogen-bond donors (Lipinski definition) is 1. The standard InChI is InChI=1S/C25H26N6O2/c1-29-15-26-21-13-19(6-9-22(21)29)17-4-7-20(8-5-17)31-23(27-28-25(31)33)12-16-10-11-30(14-16)24(32)18-2-3-18/h4-9,13,15-16,18H,2-3,10-12,14H2,1H3,(H,28,33). The first-order valence-corrected chi connectivity index (χ1v) is 11.5. The maximum atomic E-state index is 12.6.